The molecule has 0 aromatic heterocycles. The van der Waals surface area contributed by atoms with Crippen molar-refractivity contribution in [2.45, 2.75) is 25.7 Å². The zero-order chi connectivity index (χ0) is 12.3. The number of hydrogen-bond acceptors (Lipinski definition) is 2. The van der Waals surface area contributed by atoms with Gasteiger partial charge in [-0.1, -0.05) is 19.9 Å². The fourth-order valence-electron chi connectivity index (χ4n) is 1.45. The summed E-state index contributed by atoms with van der Waals surface area (Å²) in [5.41, 5.74) is 0.523. The minimum absolute atomic E-state index is 0.265. The SMILES string of the molecule is COC(=O)CC(C)(C)c1ccc(F)c(Br)c1. The molecule has 16 heavy (non-hydrogen) atoms. The maximum Gasteiger partial charge on any atom is 0.306 e. The maximum absolute atomic E-state index is 13.1. The predicted octanol–water partition coefficient (Wildman–Crippen LogP) is 3.43. The molecule has 0 saturated heterocycles. The summed E-state index contributed by atoms with van der Waals surface area (Å²) in [5, 5.41) is 0. The quantitative estimate of drug-likeness (QED) is 0.797. The smallest absolute Gasteiger partial charge is 0.306 e. The van der Waals surface area contributed by atoms with Crippen LogP contribution in [0.25, 0.3) is 0 Å². The lowest BCUT2D eigenvalue weighted by atomic mass is 9.81. The highest BCUT2D eigenvalue weighted by Gasteiger charge is 2.25. The Morgan fingerprint density at radius 1 is 1.50 bits per heavy atom. The van der Waals surface area contributed by atoms with Crippen LogP contribution in [-0.2, 0) is 14.9 Å². The first-order valence-electron chi connectivity index (χ1n) is 4.89. The van der Waals surface area contributed by atoms with Crippen LogP contribution >= 0.6 is 15.9 Å². The van der Waals surface area contributed by atoms with Gasteiger partial charge in [-0.15, -0.1) is 0 Å². The monoisotopic (exact) mass is 288 g/mol. The summed E-state index contributed by atoms with van der Waals surface area (Å²) >= 11 is 3.13. The molecule has 0 radical (unpaired) electrons. The van der Waals surface area contributed by atoms with Crippen molar-refractivity contribution >= 4 is 21.9 Å². The molecular formula is C12H14BrFO2. The molecule has 1 aromatic carbocycles. The van der Waals surface area contributed by atoms with Crippen molar-refractivity contribution < 1.29 is 13.9 Å². The lowest BCUT2D eigenvalue weighted by molar-refractivity contribution is -0.141. The number of esters is 1. The zero-order valence-corrected chi connectivity index (χ0v) is 11.1. The predicted molar refractivity (Wildman–Crippen MR) is 63.8 cm³/mol. The van der Waals surface area contributed by atoms with Gasteiger partial charge < -0.3 is 4.74 Å². The molecule has 0 atom stereocenters. The Morgan fingerprint density at radius 3 is 2.62 bits per heavy atom. The van der Waals surface area contributed by atoms with Crippen LogP contribution in [0.5, 0.6) is 0 Å². The Labute approximate surface area is 103 Å². The molecule has 0 bridgehead atoms. The molecule has 0 aliphatic rings. The third-order valence-corrected chi connectivity index (χ3v) is 3.12. The Bertz CT molecular complexity index is 402. The van der Waals surface area contributed by atoms with E-state index < -0.39 is 0 Å². The van der Waals surface area contributed by atoms with Gasteiger partial charge in [-0.3, -0.25) is 4.79 Å². The summed E-state index contributed by atoms with van der Waals surface area (Å²) in [5.74, 6) is -0.580. The van der Waals surface area contributed by atoms with Crippen molar-refractivity contribution in [3.05, 3.63) is 34.1 Å². The second-order valence-corrected chi connectivity index (χ2v) is 5.12. The van der Waals surface area contributed by atoms with Crippen LogP contribution in [0.3, 0.4) is 0 Å². The van der Waals surface area contributed by atoms with Gasteiger partial charge in [0.2, 0.25) is 0 Å². The highest BCUT2D eigenvalue weighted by atomic mass is 79.9. The largest absolute Gasteiger partial charge is 0.469 e. The first-order chi connectivity index (χ1) is 7.36. The van der Waals surface area contributed by atoms with Crippen LogP contribution in [0, 0.1) is 5.82 Å². The minimum atomic E-state index is -0.372. The van der Waals surface area contributed by atoms with Crippen LogP contribution in [0.2, 0.25) is 0 Å². The molecule has 4 heteroatoms. The van der Waals surface area contributed by atoms with Crippen LogP contribution in [0.15, 0.2) is 22.7 Å². The van der Waals surface area contributed by atoms with Gasteiger partial charge in [0, 0.05) is 5.41 Å². The van der Waals surface area contributed by atoms with E-state index in [9.17, 15) is 9.18 Å². The van der Waals surface area contributed by atoms with Crippen molar-refractivity contribution in [2.24, 2.45) is 0 Å². The van der Waals surface area contributed by atoms with E-state index in [0.717, 1.165) is 5.56 Å². The molecule has 1 rings (SSSR count). The first kappa shape index (κ1) is 13.2. The Balaban J connectivity index is 2.97. The number of halogens is 2. The molecule has 0 aliphatic carbocycles. The van der Waals surface area contributed by atoms with Crippen LogP contribution < -0.4 is 0 Å². The summed E-state index contributed by atoms with van der Waals surface area (Å²) in [4.78, 5) is 11.2. The summed E-state index contributed by atoms with van der Waals surface area (Å²) in [7, 11) is 1.36. The molecule has 0 N–H and O–H groups in total. The van der Waals surface area contributed by atoms with E-state index in [-0.39, 0.29) is 23.6 Å². The molecule has 0 heterocycles. The van der Waals surface area contributed by atoms with Crippen molar-refractivity contribution in [1.29, 1.82) is 0 Å². The zero-order valence-electron chi connectivity index (χ0n) is 9.51. The van der Waals surface area contributed by atoms with E-state index in [1.807, 2.05) is 13.8 Å². The number of hydrogen-bond donors (Lipinski definition) is 0. The molecule has 0 amide bonds. The number of benzene rings is 1. The molecule has 1 aromatic rings. The topological polar surface area (TPSA) is 26.3 Å². The van der Waals surface area contributed by atoms with E-state index in [1.54, 1.807) is 12.1 Å². The van der Waals surface area contributed by atoms with E-state index in [2.05, 4.69) is 20.7 Å². The van der Waals surface area contributed by atoms with Crippen molar-refractivity contribution in [1.82, 2.24) is 0 Å². The molecule has 0 spiro atoms. The third kappa shape index (κ3) is 3.04. The van der Waals surface area contributed by atoms with Crippen LogP contribution in [0.1, 0.15) is 25.8 Å². The Morgan fingerprint density at radius 2 is 2.12 bits per heavy atom. The van der Waals surface area contributed by atoms with Crippen molar-refractivity contribution in [3.63, 3.8) is 0 Å². The lowest BCUT2D eigenvalue weighted by Crippen LogP contribution is -2.22. The van der Waals surface area contributed by atoms with E-state index in [4.69, 9.17) is 0 Å². The van der Waals surface area contributed by atoms with Gasteiger partial charge in [-0.05, 0) is 33.6 Å². The summed E-state index contributed by atoms with van der Waals surface area (Å²) < 4.78 is 18.1. The lowest BCUT2D eigenvalue weighted by Gasteiger charge is -2.24. The highest BCUT2D eigenvalue weighted by molar-refractivity contribution is 9.10. The van der Waals surface area contributed by atoms with E-state index >= 15 is 0 Å². The van der Waals surface area contributed by atoms with Crippen LogP contribution in [0.4, 0.5) is 4.39 Å². The number of ether oxygens (including phenoxy) is 1. The van der Waals surface area contributed by atoms with Gasteiger partial charge in [0.05, 0.1) is 18.0 Å². The molecule has 0 unspecified atom stereocenters. The van der Waals surface area contributed by atoms with Crippen molar-refractivity contribution in [2.75, 3.05) is 7.11 Å². The van der Waals surface area contributed by atoms with Crippen molar-refractivity contribution in [3.8, 4) is 0 Å². The second-order valence-electron chi connectivity index (χ2n) is 4.27. The van der Waals surface area contributed by atoms with E-state index in [0.29, 0.717) is 4.47 Å². The maximum atomic E-state index is 13.1. The number of methoxy groups -OCH3 is 1. The van der Waals surface area contributed by atoms with Gasteiger partial charge in [-0.25, -0.2) is 4.39 Å². The van der Waals surface area contributed by atoms with Gasteiger partial charge in [0.25, 0.3) is 0 Å². The fraction of sp³-hybridized carbons (Fsp3) is 0.417. The number of rotatable bonds is 3. The fourth-order valence-corrected chi connectivity index (χ4v) is 1.83. The first-order valence-corrected chi connectivity index (χ1v) is 5.68. The summed E-state index contributed by atoms with van der Waals surface area (Å²) in [6.07, 6.45) is 0.265. The third-order valence-electron chi connectivity index (χ3n) is 2.52. The van der Waals surface area contributed by atoms with Crippen LogP contribution in [-0.4, -0.2) is 13.1 Å². The van der Waals surface area contributed by atoms with Gasteiger partial charge in [-0.2, -0.15) is 0 Å². The molecule has 88 valence electrons. The van der Waals surface area contributed by atoms with Gasteiger partial charge >= 0.3 is 5.97 Å². The summed E-state index contributed by atoms with van der Waals surface area (Å²) in [6.45, 7) is 3.84. The molecule has 0 aliphatic heterocycles. The average molecular weight is 289 g/mol. The molecular weight excluding hydrogens is 275 g/mol. The number of carbonyl (C=O) groups is 1. The number of carbonyl (C=O) groups excluding carboxylic acids is 1. The summed E-state index contributed by atoms with van der Waals surface area (Å²) in [6, 6.07) is 4.76. The second kappa shape index (κ2) is 4.95. The highest BCUT2D eigenvalue weighted by Crippen LogP contribution is 2.30. The Hall–Kier alpha value is -0.900. The molecule has 0 saturated carbocycles. The minimum Gasteiger partial charge on any atom is -0.469 e. The standard InChI is InChI=1S/C12H14BrFO2/c1-12(2,7-11(15)16-3)8-4-5-10(14)9(13)6-8/h4-6H,7H2,1-3H3. The average Bonchev–Trinajstić information content (AvgIpc) is 2.21. The van der Waals surface area contributed by atoms with Gasteiger partial charge in [0.1, 0.15) is 5.82 Å². The normalized spacial score (nSPS) is 11.3. The molecule has 0 fully saturated rings. The Kier molecular flexibility index (Phi) is 4.08. The molecule has 2 nitrogen and oxygen atoms in total. The van der Waals surface area contributed by atoms with Gasteiger partial charge in [0.15, 0.2) is 0 Å². The van der Waals surface area contributed by atoms with E-state index in [1.165, 1.54) is 13.2 Å².